The van der Waals surface area contributed by atoms with Crippen LogP contribution in [0.1, 0.15) is 35.7 Å². The topological polar surface area (TPSA) is 102 Å². The molecular formula is C21H22N2O5S2. The maximum atomic E-state index is 12.4. The van der Waals surface area contributed by atoms with Crippen LogP contribution in [0.15, 0.2) is 47.4 Å². The number of esters is 1. The van der Waals surface area contributed by atoms with Crippen molar-refractivity contribution in [2.75, 3.05) is 17.7 Å². The first-order valence-corrected chi connectivity index (χ1v) is 11.9. The fourth-order valence-corrected chi connectivity index (χ4v) is 5.02. The highest BCUT2D eigenvalue weighted by Gasteiger charge is 2.16. The van der Waals surface area contributed by atoms with E-state index in [1.807, 2.05) is 6.92 Å². The second kappa shape index (κ2) is 9.36. The molecule has 7 nitrogen and oxygen atoms in total. The van der Waals surface area contributed by atoms with Crippen LogP contribution in [0.5, 0.6) is 0 Å². The molecule has 0 aliphatic rings. The zero-order chi connectivity index (χ0) is 21.7. The molecule has 1 N–H and O–H groups in total. The van der Waals surface area contributed by atoms with E-state index < -0.39 is 15.8 Å². The van der Waals surface area contributed by atoms with Crippen LogP contribution in [0.2, 0.25) is 0 Å². The second-order valence-electron chi connectivity index (χ2n) is 6.71. The molecule has 0 spiro atoms. The van der Waals surface area contributed by atoms with Gasteiger partial charge in [0.15, 0.2) is 15.0 Å². The van der Waals surface area contributed by atoms with E-state index >= 15 is 0 Å². The van der Waals surface area contributed by atoms with E-state index in [0.717, 1.165) is 10.3 Å². The summed E-state index contributed by atoms with van der Waals surface area (Å²) < 4.78 is 30.4. The SMILES string of the molecule is CCOC(=O)c1ccc2nc(NC(=O)CCCS(=O)(=O)c3ccc(C)cc3)sc2c1. The number of benzene rings is 2. The van der Waals surface area contributed by atoms with E-state index in [2.05, 4.69) is 10.3 Å². The molecule has 1 aromatic heterocycles. The van der Waals surface area contributed by atoms with Gasteiger partial charge in [-0.15, -0.1) is 0 Å². The van der Waals surface area contributed by atoms with Crippen LogP contribution in [0, 0.1) is 6.92 Å². The van der Waals surface area contributed by atoms with Crippen LogP contribution < -0.4 is 5.32 Å². The number of carbonyl (C=O) groups is 2. The molecule has 0 aliphatic heterocycles. The van der Waals surface area contributed by atoms with Gasteiger partial charge < -0.3 is 10.1 Å². The molecule has 0 saturated carbocycles. The fraction of sp³-hybridized carbons (Fsp3) is 0.286. The lowest BCUT2D eigenvalue weighted by Crippen LogP contribution is -2.14. The number of aryl methyl sites for hydroxylation is 1. The van der Waals surface area contributed by atoms with E-state index in [9.17, 15) is 18.0 Å². The van der Waals surface area contributed by atoms with Crippen molar-refractivity contribution < 1.29 is 22.7 Å². The summed E-state index contributed by atoms with van der Waals surface area (Å²) in [6, 6.07) is 11.7. The summed E-state index contributed by atoms with van der Waals surface area (Å²) in [5.74, 6) is -0.821. The molecule has 3 rings (SSSR count). The van der Waals surface area contributed by atoms with Crippen LogP contribution in [-0.4, -0.2) is 37.6 Å². The number of sulfone groups is 1. The number of fused-ring (bicyclic) bond motifs is 1. The van der Waals surface area contributed by atoms with Gasteiger partial charge in [0.25, 0.3) is 0 Å². The Morgan fingerprint density at radius 3 is 2.57 bits per heavy atom. The Bertz CT molecular complexity index is 1170. The Morgan fingerprint density at radius 2 is 1.87 bits per heavy atom. The van der Waals surface area contributed by atoms with Crippen LogP contribution in [0.4, 0.5) is 5.13 Å². The average molecular weight is 447 g/mol. The molecule has 0 atom stereocenters. The molecule has 0 unspecified atom stereocenters. The van der Waals surface area contributed by atoms with Gasteiger partial charge in [-0.25, -0.2) is 18.2 Å². The minimum absolute atomic E-state index is 0.0646. The average Bonchev–Trinajstić information content (AvgIpc) is 3.09. The van der Waals surface area contributed by atoms with Crippen molar-refractivity contribution in [2.24, 2.45) is 0 Å². The third kappa shape index (κ3) is 5.43. The number of nitrogens with zero attached hydrogens (tertiary/aromatic N) is 1. The number of anilines is 1. The second-order valence-corrected chi connectivity index (χ2v) is 9.85. The molecular weight excluding hydrogens is 424 g/mol. The summed E-state index contributed by atoms with van der Waals surface area (Å²) in [7, 11) is -3.42. The largest absolute Gasteiger partial charge is 0.462 e. The van der Waals surface area contributed by atoms with Gasteiger partial charge in [0.05, 0.1) is 33.0 Å². The van der Waals surface area contributed by atoms with E-state index in [1.54, 1.807) is 49.4 Å². The molecule has 3 aromatic rings. The first-order chi connectivity index (χ1) is 14.3. The molecule has 2 aromatic carbocycles. The number of nitrogens with one attached hydrogen (secondary N) is 1. The lowest BCUT2D eigenvalue weighted by molar-refractivity contribution is -0.116. The third-order valence-corrected chi connectivity index (χ3v) is 7.09. The van der Waals surface area contributed by atoms with Crippen molar-refractivity contribution in [1.82, 2.24) is 4.98 Å². The number of hydrogen-bond acceptors (Lipinski definition) is 7. The van der Waals surface area contributed by atoms with Gasteiger partial charge in [-0.3, -0.25) is 4.79 Å². The van der Waals surface area contributed by atoms with Crippen molar-refractivity contribution in [2.45, 2.75) is 31.6 Å². The van der Waals surface area contributed by atoms with Crippen molar-refractivity contribution >= 4 is 48.4 Å². The number of ether oxygens (including phenoxy) is 1. The van der Waals surface area contributed by atoms with Crippen molar-refractivity contribution in [1.29, 1.82) is 0 Å². The number of thiazole rings is 1. The summed E-state index contributed by atoms with van der Waals surface area (Å²) in [6.07, 6.45) is 0.273. The van der Waals surface area contributed by atoms with Gasteiger partial charge >= 0.3 is 5.97 Å². The zero-order valence-electron chi connectivity index (χ0n) is 16.7. The smallest absolute Gasteiger partial charge is 0.338 e. The molecule has 9 heteroatoms. The van der Waals surface area contributed by atoms with Crippen molar-refractivity contribution in [3.63, 3.8) is 0 Å². The summed E-state index contributed by atoms with van der Waals surface area (Å²) in [6.45, 7) is 3.92. The standard InChI is InChI=1S/C21H22N2O5S2/c1-3-28-20(25)15-8-11-17-18(13-15)29-21(22-17)23-19(24)5-4-12-30(26,27)16-9-6-14(2)7-10-16/h6-11,13H,3-5,12H2,1-2H3,(H,22,23,24). The number of carbonyl (C=O) groups excluding carboxylic acids is 2. The Hall–Kier alpha value is -2.78. The quantitative estimate of drug-likeness (QED) is 0.525. The lowest BCUT2D eigenvalue weighted by atomic mass is 10.2. The first kappa shape index (κ1) is 21.9. The predicted octanol–water partition coefficient (Wildman–Crippen LogP) is 3.97. The Labute approximate surface area is 179 Å². The van der Waals surface area contributed by atoms with Crippen molar-refractivity contribution in [3.8, 4) is 0 Å². The van der Waals surface area contributed by atoms with Crippen LogP contribution in [0.3, 0.4) is 0 Å². The molecule has 0 saturated heterocycles. The van der Waals surface area contributed by atoms with Gasteiger partial charge in [-0.1, -0.05) is 29.0 Å². The zero-order valence-corrected chi connectivity index (χ0v) is 18.3. The summed E-state index contributed by atoms with van der Waals surface area (Å²) in [5, 5.41) is 3.10. The maximum absolute atomic E-state index is 12.4. The normalized spacial score (nSPS) is 11.4. The summed E-state index contributed by atoms with van der Waals surface area (Å²) in [5.41, 5.74) is 2.07. The fourth-order valence-electron chi connectivity index (χ4n) is 2.79. The van der Waals surface area contributed by atoms with Gasteiger partial charge in [0, 0.05) is 6.42 Å². The molecule has 158 valence electrons. The number of aromatic nitrogens is 1. The molecule has 0 radical (unpaired) electrons. The Kier molecular flexibility index (Phi) is 6.84. The van der Waals surface area contributed by atoms with Crippen LogP contribution >= 0.6 is 11.3 Å². The van der Waals surface area contributed by atoms with E-state index in [-0.39, 0.29) is 29.4 Å². The molecule has 1 amide bonds. The minimum Gasteiger partial charge on any atom is -0.462 e. The molecule has 1 heterocycles. The van der Waals surface area contributed by atoms with Gasteiger partial charge in [0.2, 0.25) is 5.91 Å². The number of rotatable bonds is 8. The van der Waals surface area contributed by atoms with Crippen LogP contribution in [0.25, 0.3) is 10.2 Å². The van der Waals surface area contributed by atoms with Crippen LogP contribution in [-0.2, 0) is 19.4 Å². The van der Waals surface area contributed by atoms with Gasteiger partial charge in [-0.05, 0) is 50.6 Å². The van der Waals surface area contributed by atoms with Crippen molar-refractivity contribution in [3.05, 3.63) is 53.6 Å². The Balaban J connectivity index is 1.57. The Morgan fingerprint density at radius 1 is 1.13 bits per heavy atom. The predicted molar refractivity (Wildman–Crippen MR) is 117 cm³/mol. The molecule has 0 bridgehead atoms. The van der Waals surface area contributed by atoms with E-state index in [1.165, 1.54) is 11.3 Å². The third-order valence-electron chi connectivity index (χ3n) is 4.34. The monoisotopic (exact) mass is 446 g/mol. The highest BCUT2D eigenvalue weighted by molar-refractivity contribution is 7.91. The van der Waals surface area contributed by atoms with Gasteiger partial charge in [0.1, 0.15) is 0 Å². The maximum Gasteiger partial charge on any atom is 0.338 e. The molecule has 0 fully saturated rings. The molecule has 0 aliphatic carbocycles. The first-order valence-electron chi connectivity index (χ1n) is 9.45. The highest BCUT2D eigenvalue weighted by Crippen LogP contribution is 2.27. The molecule has 30 heavy (non-hydrogen) atoms. The number of amides is 1. The number of hydrogen-bond donors (Lipinski definition) is 1. The van der Waals surface area contributed by atoms with Gasteiger partial charge in [-0.2, -0.15) is 0 Å². The summed E-state index contributed by atoms with van der Waals surface area (Å²) >= 11 is 1.24. The lowest BCUT2D eigenvalue weighted by Gasteiger charge is -2.05. The minimum atomic E-state index is -3.42. The highest BCUT2D eigenvalue weighted by atomic mass is 32.2. The summed E-state index contributed by atoms with van der Waals surface area (Å²) in [4.78, 5) is 28.6. The van der Waals surface area contributed by atoms with E-state index in [4.69, 9.17) is 4.74 Å². The van der Waals surface area contributed by atoms with E-state index in [0.29, 0.717) is 22.8 Å².